The van der Waals surface area contributed by atoms with Crippen LogP contribution in [0.15, 0.2) is 28.8 Å². The molecule has 26 heavy (non-hydrogen) atoms. The molecule has 0 radical (unpaired) electrons. The molecule has 0 aliphatic carbocycles. The van der Waals surface area contributed by atoms with Gasteiger partial charge >= 0.3 is 0 Å². The van der Waals surface area contributed by atoms with Crippen LogP contribution in [0.25, 0.3) is 11.5 Å². The van der Waals surface area contributed by atoms with E-state index in [2.05, 4.69) is 22.0 Å². The molecule has 0 atom stereocenters. The Balaban J connectivity index is 1.48. The van der Waals surface area contributed by atoms with E-state index in [1.807, 2.05) is 4.90 Å². The van der Waals surface area contributed by atoms with Gasteiger partial charge in [-0.05, 0) is 24.6 Å². The van der Waals surface area contributed by atoms with E-state index in [-0.39, 0.29) is 11.7 Å². The van der Waals surface area contributed by atoms with E-state index in [1.165, 1.54) is 12.1 Å². The lowest BCUT2D eigenvalue weighted by atomic mass is 10.2. The van der Waals surface area contributed by atoms with Gasteiger partial charge in [0.2, 0.25) is 5.91 Å². The molecule has 0 unspecified atom stereocenters. The zero-order valence-electron chi connectivity index (χ0n) is 15.2. The van der Waals surface area contributed by atoms with Gasteiger partial charge in [0.25, 0.3) is 5.89 Å². The van der Waals surface area contributed by atoms with Gasteiger partial charge < -0.3 is 9.42 Å². The molecule has 1 fully saturated rings. The second-order valence-corrected chi connectivity index (χ2v) is 6.64. The van der Waals surface area contributed by atoms with Crippen LogP contribution in [0.3, 0.4) is 0 Å². The first-order valence-corrected chi connectivity index (χ1v) is 9.24. The Morgan fingerprint density at radius 1 is 1.23 bits per heavy atom. The van der Waals surface area contributed by atoms with Crippen molar-refractivity contribution < 1.29 is 13.7 Å². The molecule has 0 N–H and O–H groups in total. The average molecular weight is 360 g/mol. The van der Waals surface area contributed by atoms with Gasteiger partial charge in [0.15, 0.2) is 5.82 Å². The van der Waals surface area contributed by atoms with Crippen LogP contribution in [0.5, 0.6) is 0 Å². The van der Waals surface area contributed by atoms with Gasteiger partial charge in [-0.3, -0.25) is 9.69 Å². The fraction of sp³-hybridized carbons (Fsp3) is 0.526. The number of rotatable bonds is 7. The molecule has 1 amide bonds. The minimum atomic E-state index is -0.332. The number of amides is 1. The van der Waals surface area contributed by atoms with Crippen LogP contribution in [0.4, 0.5) is 4.39 Å². The van der Waals surface area contributed by atoms with E-state index in [0.717, 1.165) is 45.4 Å². The van der Waals surface area contributed by atoms with E-state index in [9.17, 15) is 9.18 Å². The summed E-state index contributed by atoms with van der Waals surface area (Å²) in [4.78, 5) is 20.7. The summed E-state index contributed by atoms with van der Waals surface area (Å²) in [6.45, 7) is 5.77. The maximum absolute atomic E-state index is 13.3. The smallest absolute Gasteiger partial charge is 0.258 e. The fourth-order valence-electron chi connectivity index (χ4n) is 3.10. The molecule has 7 heteroatoms. The molecule has 0 bridgehead atoms. The number of carbonyl (C=O) groups excluding carboxylic acids is 1. The second-order valence-electron chi connectivity index (χ2n) is 6.64. The van der Waals surface area contributed by atoms with Crippen molar-refractivity contribution in [2.75, 3.05) is 26.2 Å². The Labute approximate surface area is 153 Å². The third kappa shape index (κ3) is 4.88. The lowest BCUT2D eigenvalue weighted by Crippen LogP contribution is -2.48. The number of hydrogen-bond acceptors (Lipinski definition) is 5. The molecule has 2 heterocycles. The number of carbonyl (C=O) groups is 1. The van der Waals surface area contributed by atoms with E-state index in [0.29, 0.717) is 30.2 Å². The van der Waals surface area contributed by atoms with Crippen molar-refractivity contribution in [2.45, 2.75) is 39.2 Å². The maximum Gasteiger partial charge on any atom is 0.258 e. The monoisotopic (exact) mass is 360 g/mol. The summed E-state index contributed by atoms with van der Waals surface area (Å²) < 4.78 is 18.5. The molecule has 3 rings (SSSR count). The molecule has 1 saturated heterocycles. The van der Waals surface area contributed by atoms with Gasteiger partial charge in [-0.25, -0.2) is 4.39 Å². The molecule has 6 nitrogen and oxygen atoms in total. The Morgan fingerprint density at radius 2 is 2.04 bits per heavy atom. The summed E-state index contributed by atoms with van der Waals surface area (Å²) in [5.41, 5.74) is 0.575. The lowest BCUT2D eigenvalue weighted by molar-refractivity contribution is -0.133. The average Bonchev–Trinajstić information content (AvgIpc) is 3.11. The van der Waals surface area contributed by atoms with Crippen molar-refractivity contribution in [3.8, 4) is 11.5 Å². The van der Waals surface area contributed by atoms with Gasteiger partial charge in [0, 0.05) is 38.2 Å². The molecule has 140 valence electrons. The minimum absolute atomic E-state index is 0.256. The normalized spacial score (nSPS) is 15.4. The second kappa shape index (κ2) is 8.89. The maximum atomic E-state index is 13.3. The fourth-order valence-corrected chi connectivity index (χ4v) is 3.10. The van der Waals surface area contributed by atoms with Crippen LogP contribution in [0.2, 0.25) is 0 Å². The van der Waals surface area contributed by atoms with E-state index >= 15 is 0 Å². The molecule has 1 aromatic heterocycles. The van der Waals surface area contributed by atoms with Crippen LogP contribution in [0.1, 0.15) is 38.4 Å². The highest BCUT2D eigenvalue weighted by atomic mass is 19.1. The molecule has 0 saturated carbocycles. The highest BCUT2D eigenvalue weighted by Gasteiger charge is 2.22. The molecule has 1 aliphatic heterocycles. The molecule has 1 aliphatic rings. The van der Waals surface area contributed by atoms with Gasteiger partial charge in [-0.2, -0.15) is 4.98 Å². The standard InChI is InChI=1S/C19H25FN4O2/c1-2-3-4-8-18(25)24-11-9-23(10-12-24)14-17-21-19(26-22-17)15-6-5-7-16(20)13-15/h5-7,13H,2-4,8-12,14H2,1H3. The number of unbranched alkanes of at least 4 members (excludes halogenated alkanes) is 2. The van der Waals surface area contributed by atoms with Crippen molar-refractivity contribution in [3.63, 3.8) is 0 Å². The van der Waals surface area contributed by atoms with Crippen LogP contribution >= 0.6 is 0 Å². The van der Waals surface area contributed by atoms with E-state index < -0.39 is 0 Å². The third-order valence-corrected chi connectivity index (χ3v) is 4.62. The molecule has 2 aromatic rings. The SMILES string of the molecule is CCCCCC(=O)N1CCN(Cc2noc(-c3cccc(F)c3)n2)CC1. The van der Waals surface area contributed by atoms with Crippen molar-refractivity contribution in [1.82, 2.24) is 19.9 Å². The number of aromatic nitrogens is 2. The first kappa shape index (κ1) is 18.5. The Hall–Kier alpha value is -2.28. The number of halogens is 1. The largest absolute Gasteiger partial charge is 0.340 e. The van der Waals surface area contributed by atoms with Crippen molar-refractivity contribution in [1.29, 1.82) is 0 Å². The van der Waals surface area contributed by atoms with E-state index in [1.54, 1.807) is 12.1 Å². The molecular formula is C19H25FN4O2. The van der Waals surface area contributed by atoms with Gasteiger partial charge in [-0.1, -0.05) is 31.0 Å². The summed E-state index contributed by atoms with van der Waals surface area (Å²) in [5.74, 6) is 0.823. The highest BCUT2D eigenvalue weighted by molar-refractivity contribution is 5.76. The number of nitrogens with zero attached hydrogens (tertiary/aromatic N) is 4. The first-order valence-electron chi connectivity index (χ1n) is 9.24. The van der Waals surface area contributed by atoms with Crippen LogP contribution in [-0.4, -0.2) is 52.0 Å². The summed E-state index contributed by atoms with van der Waals surface area (Å²) in [6.07, 6.45) is 3.86. The van der Waals surface area contributed by atoms with Crippen LogP contribution < -0.4 is 0 Å². The quantitative estimate of drug-likeness (QED) is 0.710. The predicted octanol–water partition coefficient (Wildman–Crippen LogP) is 3.10. The zero-order valence-corrected chi connectivity index (χ0v) is 15.2. The van der Waals surface area contributed by atoms with Gasteiger partial charge in [0.05, 0.1) is 6.54 Å². The minimum Gasteiger partial charge on any atom is -0.340 e. The predicted molar refractivity (Wildman–Crippen MR) is 95.7 cm³/mol. The van der Waals surface area contributed by atoms with Crippen LogP contribution in [-0.2, 0) is 11.3 Å². The number of piperazine rings is 1. The summed E-state index contributed by atoms with van der Waals surface area (Å²) in [5, 5.41) is 3.99. The first-order chi connectivity index (χ1) is 12.7. The molecule has 1 aromatic carbocycles. The Morgan fingerprint density at radius 3 is 2.77 bits per heavy atom. The molecule has 0 spiro atoms. The molecular weight excluding hydrogens is 335 g/mol. The van der Waals surface area contributed by atoms with Gasteiger partial charge in [-0.15, -0.1) is 0 Å². The topological polar surface area (TPSA) is 62.5 Å². The lowest BCUT2D eigenvalue weighted by Gasteiger charge is -2.34. The summed E-state index contributed by atoms with van der Waals surface area (Å²) in [7, 11) is 0. The third-order valence-electron chi connectivity index (χ3n) is 4.62. The highest BCUT2D eigenvalue weighted by Crippen LogP contribution is 2.18. The Kier molecular flexibility index (Phi) is 6.33. The van der Waals surface area contributed by atoms with Gasteiger partial charge in [0.1, 0.15) is 5.82 Å². The number of benzene rings is 1. The van der Waals surface area contributed by atoms with Crippen molar-refractivity contribution in [2.24, 2.45) is 0 Å². The Bertz CT molecular complexity index is 726. The van der Waals surface area contributed by atoms with E-state index in [4.69, 9.17) is 4.52 Å². The zero-order chi connectivity index (χ0) is 18.4. The summed E-state index contributed by atoms with van der Waals surface area (Å²) in [6, 6.07) is 6.11. The van der Waals surface area contributed by atoms with Crippen molar-refractivity contribution >= 4 is 5.91 Å². The van der Waals surface area contributed by atoms with Crippen LogP contribution in [0, 0.1) is 5.82 Å². The summed E-state index contributed by atoms with van der Waals surface area (Å²) >= 11 is 0. The van der Waals surface area contributed by atoms with Crippen molar-refractivity contribution in [3.05, 3.63) is 35.9 Å². The number of hydrogen-bond donors (Lipinski definition) is 0.